The van der Waals surface area contributed by atoms with E-state index in [2.05, 4.69) is 6.92 Å². The summed E-state index contributed by atoms with van der Waals surface area (Å²) in [6.45, 7) is 3.20. The van der Waals surface area contributed by atoms with Crippen molar-refractivity contribution in [2.45, 2.75) is 30.6 Å². The van der Waals surface area contributed by atoms with Gasteiger partial charge in [0.1, 0.15) is 6.07 Å². The maximum Gasteiger partial charge on any atom is 0.244 e. The first kappa shape index (κ1) is 21.0. The summed E-state index contributed by atoms with van der Waals surface area (Å²) in [5, 5.41) is 9.23. The predicted octanol–water partition coefficient (Wildman–Crippen LogP) is 2.98. The number of hydrogen-bond acceptors (Lipinski definition) is 4. The van der Waals surface area contributed by atoms with Gasteiger partial charge in [-0.2, -0.15) is 9.57 Å². The second-order valence-electron chi connectivity index (χ2n) is 7.09. The van der Waals surface area contributed by atoms with Crippen molar-refractivity contribution < 1.29 is 13.2 Å². The van der Waals surface area contributed by atoms with Crippen LogP contribution in [0.15, 0.2) is 59.5 Å². The third kappa shape index (κ3) is 4.50. The van der Waals surface area contributed by atoms with Crippen molar-refractivity contribution in [3.63, 3.8) is 0 Å². The highest BCUT2D eigenvalue weighted by molar-refractivity contribution is 7.89. The van der Waals surface area contributed by atoms with Gasteiger partial charge in [0.05, 0.1) is 16.4 Å². The van der Waals surface area contributed by atoms with E-state index in [1.165, 1.54) is 16.4 Å². The van der Waals surface area contributed by atoms with Gasteiger partial charge in [-0.1, -0.05) is 55.8 Å². The van der Waals surface area contributed by atoms with Gasteiger partial charge in [0.15, 0.2) is 0 Å². The summed E-state index contributed by atoms with van der Waals surface area (Å²) in [6, 6.07) is 17.9. The van der Waals surface area contributed by atoms with E-state index in [1.807, 2.05) is 36.4 Å². The molecule has 1 heterocycles. The zero-order chi connectivity index (χ0) is 20.9. The summed E-state index contributed by atoms with van der Waals surface area (Å²) in [7, 11) is -3.76. The molecule has 0 unspecified atom stereocenters. The zero-order valence-electron chi connectivity index (χ0n) is 16.5. The third-order valence-corrected chi connectivity index (χ3v) is 7.21. The minimum Gasteiger partial charge on any atom is -0.340 e. The van der Waals surface area contributed by atoms with Gasteiger partial charge in [-0.3, -0.25) is 4.79 Å². The molecule has 152 valence electrons. The lowest BCUT2D eigenvalue weighted by Gasteiger charge is -2.36. The van der Waals surface area contributed by atoms with Gasteiger partial charge in [0.2, 0.25) is 15.9 Å². The average molecular weight is 412 g/mol. The van der Waals surface area contributed by atoms with Crippen LogP contribution in [-0.2, 0) is 14.8 Å². The molecular weight excluding hydrogens is 386 g/mol. The molecule has 0 bridgehead atoms. The number of benzene rings is 2. The molecule has 0 aromatic heterocycles. The number of sulfonamides is 1. The number of nitrogens with zero attached hydrogens (tertiary/aromatic N) is 3. The number of hydrogen-bond donors (Lipinski definition) is 0. The van der Waals surface area contributed by atoms with Gasteiger partial charge in [-0.25, -0.2) is 8.42 Å². The van der Waals surface area contributed by atoms with Crippen LogP contribution in [0.5, 0.6) is 0 Å². The number of piperazine rings is 1. The summed E-state index contributed by atoms with van der Waals surface area (Å²) < 4.78 is 27.3. The van der Waals surface area contributed by atoms with Gasteiger partial charge in [0, 0.05) is 26.2 Å². The third-order valence-electron chi connectivity index (χ3n) is 5.25. The van der Waals surface area contributed by atoms with Crippen molar-refractivity contribution >= 4 is 15.9 Å². The topological polar surface area (TPSA) is 81.5 Å². The molecule has 7 heteroatoms. The highest BCUT2D eigenvalue weighted by atomic mass is 32.2. The standard InChI is InChI=1S/C22H25N3O3S/c1-2-8-20(18-9-4-3-5-10-18)22(26)24-13-15-25(16-14-24)29(27,28)21-12-7-6-11-19(21)17-23/h3-7,9-12,20H,2,8,13-16H2,1H3/t20-/m0/s1. The molecule has 0 saturated carbocycles. The second-order valence-corrected chi connectivity index (χ2v) is 9.00. The Morgan fingerprint density at radius 2 is 1.66 bits per heavy atom. The normalized spacial score (nSPS) is 16.2. The summed E-state index contributed by atoms with van der Waals surface area (Å²) in [5.41, 5.74) is 1.13. The monoisotopic (exact) mass is 411 g/mol. The number of carbonyl (C=O) groups excluding carboxylic acids is 1. The Bertz CT molecular complexity index is 991. The lowest BCUT2D eigenvalue weighted by Crippen LogP contribution is -2.51. The maximum atomic E-state index is 13.1. The van der Waals surface area contributed by atoms with Gasteiger partial charge < -0.3 is 4.90 Å². The lowest BCUT2D eigenvalue weighted by atomic mass is 9.93. The first-order valence-corrected chi connectivity index (χ1v) is 11.3. The maximum absolute atomic E-state index is 13.1. The Kier molecular flexibility index (Phi) is 6.68. The van der Waals surface area contributed by atoms with Crippen molar-refractivity contribution in [1.29, 1.82) is 5.26 Å². The Hall–Kier alpha value is -2.69. The fourth-order valence-corrected chi connectivity index (χ4v) is 5.26. The van der Waals surface area contributed by atoms with Crippen LogP contribution in [0.1, 0.15) is 36.8 Å². The van der Waals surface area contributed by atoms with E-state index in [0.29, 0.717) is 13.1 Å². The quantitative estimate of drug-likeness (QED) is 0.732. The molecule has 1 atom stereocenters. The summed E-state index contributed by atoms with van der Waals surface area (Å²) in [5.74, 6) is -0.156. The van der Waals surface area contributed by atoms with Crippen LogP contribution < -0.4 is 0 Å². The molecule has 0 spiro atoms. The Morgan fingerprint density at radius 3 is 2.28 bits per heavy atom. The largest absolute Gasteiger partial charge is 0.340 e. The molecule has 1 saturated heterocycles. The lowest BCUT2D eigenvalue weighted by molar-refractivity contribution is -0.134. The molecule has 1 fully saturated rings. The molecular formula is C22H25N3O3S. The average Bonchev–Trinajstić information content (AvgIpc) is 2.77. The Morgan fingerprint density at radius 1 is 1.03 bits per heavy atom. The molecule has 1 aliphatic heterocycles. The molecule has 2 aromatic carbocycles. The number of nitriles is 1. The van der Waals surface area contributed by atoms with E-state index in [-0.39, 0.29) is 35.4 Å². The first-order chi connectivity index (χ1) is 14.0. The molecule has 2 aromatic rings. The zero-order valence-corrected chi connectivity index (χ0v) is 17.3. The number of rotatable bonds is 6. The van der Waals surface area contributed by atoms with Crippen molar-refractivity contribution in [1.82, 2.24) is 9.21 Å². The van der Waals surface area contributed by atoms with E-state index in [1.54, 1.807) is 17.0 Å². The number of carbonyl (C=O) groups is 1. The molecule has 3 rings (SSSR count). The van der Waals surface area contributed by atoms with Crippen molar-refractivity contribution in [3.05, 3.63) is 65.7 Å². The van der Waals surface area contributed by atoms with Gasteiger partial charge >= 0.3 is 0 Å². The molecule has 0 N–H and O–H groups in total. The molecule has 29 heavy (non-hydrogen) atoms. The SMILES string of the molecule is CCC[C@H](C(=O)N1CCN(S(=O)(=O)c2ccccc2C#N)CC1)c1ccccc1. The molecule has 0 radical (unpaired) electrons. The van der Waals surface area contributed by atoms with Crippen LogP contribution in [0.25, 0.3) is 0 Å². The molecule has 0 aliphatic carbocycles. The molecule has 1 amide bonds. The van der Waals surface area contributed by atoms with E-state index in [0.717, 1.165) is 18.4 Å². The smallest absolute Gasteiger partial charge is 0.244 e. The van der Waals surface area contributed by atoms with Crippen molar-refractivity contribution in [3.8, 4) is 6.07 Å². The van der Waals surface area contributed by atoms with Crippen molar-refractivity contribution in [2.75, 3.05) is 26.2 Å². The van der Waals surface area contributed by atoms with E-state index in [4.69, 9.17) is 0 Å². The fraction of sp³-hybridized carbons (Fsp3) is 0.364. The molecule has 6 nitrogen and oxygen atoms in total. The van der Waals surface area contributed by atoms with Crippen LogP contribution >= 0.6 is 0 Å². The van der Waals surface area contributed by atoms with Crippen LogP contribution in [0.2, 0.25) is 0 Å². The Labute approximate surface area is 172 Å². The minimum absolute atomic E-state index is 0.0235. The van der Waals surface area contributed by atoms with Gasteiger partial charge in [0.25, 0.3) is 0 Å². The second kappa shape index (κ2) is 9.21. The predicted molar refractivity (Wildman–Crippen MR) is 111 cm³/mol. The fourth-order valence-electron chi connectivity index (χ4n) is 3.70. The van der Waals surface area contributed by atoms with Crippen LogP contribution in [0.4, 0.5) is 0 Å². The first-order valence-electron chi connectivity index (χ1n) is 9.82. The van der Waals surface area contributed by atoms with Crippen LogP contribution in [-0.4, -0.2) is 49.7 Å². The van der Waals surface area contributed by atoms with Crippen molar-refractivity contribution in [2.24, 2.45) is 0 Å². The van der Waals surface area contributed by atoms with E-state index < -0.39 is 10.0 Å². The summed E-state index contributed by atoms with van der Waals surface area (Å²) in [6.07, 6.45) is 1.65. The van der Waals surface area contributed by atoms with E-state index in [9.17, 15) is 18.5 Å². The highest BCUT2D eigenvalue weighted by Crippen LogP contribution is 2.26. The Balaban J connectivity index is 1.73. The highest BCUT2D eigenvalue weighted by Gasteiger charge is 2.33. The van der Waals surface area contributed by atoms with Crippen LogP contribution in [0.3, 0.4) is 0 Å². The number of amides is 1. The summed E-state index contributed by atoms with van der Waals surface area (Å²) in [4.78, 5) is 14.9. The van der Waals surface area contributed by atoms with Crippen LogP contribution in [0, 0.1) is 11.3 Å². The summed E-state index contributed by atoms with van der Waals surface area (Å²) >= 11 is 0. The van der Waals surface area contributed by atoms with Gasteiger partial charge in [-0.15, -0.1) is 0 Å². The van der Waals surface area contributed by atoms with E-state index >= 15 is 0 Å². The van der Waals surface area contributed by atoms with Gasteiger partial charge in [-0.05, 0) is 24.1 Å². The minimum atomic E-state index is -3.76. The molecule has 1 aliphatic rings.